The van der Waals surface area contributed by atoms with Crippen molar-refractivity contribution in [1.29, 1.82) is 0 Å². The zero-order valence-corrected chi connectivity index (χ0v) is 10.6. The smallest absolute Gasteiger partial charge is 0.151 e. The Morgan fingerprint density at radius 2 is 1.69 bits per heavy atom. The van der Waals surface area contributed by atoms with Gasteiger partial charge in [-0.05, 0) is 5.92 Å². The van der Waals surface area contributed by atoms with Crippen molar-refractivity contribution in [3.8, 4) is 0 Å². The maximum absolute atomic E-state index is 11.2. The molecule has 0 aromatic carbocycles. The minimum atomic E-state index is -2.82. The van der Waals surface area contributed by atoms with Crippen LogP contribution < -0.4 is 0 Å². The van der Waals surface area contributed by atoms with Crippen LogP contribution in [0.4, 0.5) is 0 Å². The maximum Gasteiger partial charge on any atom is 0.151 e. The standard InChI is InChI=1S/C8H16O2S3/c1-6(2)8-11-4-7(5-12-8)13(3,9)10/h6-8H,4-5H2,1-3H3. The SMILES string of the molecule is CC(C)C1SCC(S(C)(=O)=O)CS1. The Hall–Kier alpha value is 0.650. The van der Waals surface area contributed by atoms with Crippen LogP contribution in [0.15, 0.2) is 0 Å². The molecule has 0 aromatic heterocycles. The molecule has 1 aliphatic rings. The van der Waals surface area contributed by atoms with Crippen molar-refractivity contribution in [2.45, 2.75) is 23.7 Å². The highest BCUT2D eigenvalue weighted by atomic mass is 32.2. The van der Waals surface area contributed by atoms with Crippen molar-refractivity contribution in [2.75, 3.05) is 17.8 Å². The topological polar surface area (TPSA) is 34.1 Å². The van der Waals surface area contributed by atoms with Gasteiger partial charge in [0.1, 0.15) is 0 Å². The van der Waals surface area contributed by atoms with Crippen LogP contribution in [0, 0.1) is 5.92 Å². The molecule has 0 spiro atoms. The highest BCUT2D eigenvalue weighted by Crippen LogP contribution is 2.37. The van der Waals surface area contributed by atoms with Gasteiger partial charge in [0.05, 0.1) is 9.83 Å². The number of hydrogen-bond donors (Lipinski definition) is 0. The van der Waals surface area contributed by atoms with E-state index < -0.39 is 9.84 Å². The van der Waals surface area contributed by atoms with Gasteiger partial charge < -0.3 is 0 Å². The Kier molecular flexibility index (Phi) is 4.01. The Bertz CT molecular complexity index is 251. The third-order valence-electron chi connectivity index (χ3n) is 2.04. The van der Waals surface area contributed by atoms with E-state index in [4.69, 9.17) is 0 Å². The molecule has 1 aliphatic heterocycles. The Morgan fingerprint density at radius 1 is 1.23 bits per heavy atom. The molecule has 0 saturated carbocycles. The van der Waals surface area contributed by atoms with Gasteiger partial charge in [-0.2, -0.15) is 0 Å². The molecule has 0 aromatic rings. The van der Waals surface area contributed by atoms with E-state index in [1.54, 1.807) is 23.5 Å². The maximum atomic E-state index is 11.2. The monoisotopic (exact) mass is 240 g/mol. The van der Waals surface area contributed by atoms with Gasteiger partial charge >= 0.3 is 0 Å². The molecule has 2 nitrogen and oxygen atoms in total. The lowest BCUT2D eigenvalue weighted by Crippen LogP contribution is -2.31. The first kappa shape index (κ1) is 11.7. The fourth-order valence-electron chi connectivity index (χ4n) is 1.13. The summed E-state index contributed by atoms with van der Waals surface area (Å²) in [7, 11) is -2.82. The van der Waals surface area contributed by atoms with Crippen LogP contribution in [0.1, 0.15) is 13.8 Å². The van der Waals surface area contributed by atoms with Gasteiger partial charge in [-0.1, -0.05) is 13.8 Å². The Balaban J connectivity index is 2.49. The summed E-state index contributed by atoms with van der Waals surface area (Å²) in [6, 6.07) is 0. The summed E-state index contributed by atoms with van der Waals surface area (Å²) in [4.78, 5) is 0. The largest absolute Gasteiger partial charge is 0.229 e. The van der Waals surface area contributed by atoms with Crippen LogP contribution in [0.3, 0.4) is 0 Å². The summed E-state index contributed by atoms with van der Waals surface area (Å²) in [6.07, 6.45) is 1.34. The lowest BCUT2D eigenvalue weighted by Gasteiger charge is -2.28. The van der Waals surface area contributed by atoms with Gasteiger partial charge in [0.15, 0.2) is 9.84 Å². The number of sulfone groups is 1. The van der Waals surface area contributed by atoms with Crippen molar-refractivity contribution in [1.82, 2.24) is 0 Å². The number of hydrogen-bond acceptors (Lipinski definition) is 4. The highest BCUT2D eigenvalue weighted by molar-refractivity contribution is 8.18. The summed E-state index contributed by atoms with van der Waals surface area (Å²) in [5.41, 5.74) is 0. The minimum Gasteiger partial charge on any atom is -0.229 e. The van der Waals surface area contributed by atoms with Crippen molar-refractivity contribution in [3.05, 3.63) is 0 Å². The average Bonchev–Trinajstić information content (AvgIpc) is 2.03. The highest BCUT2D eigenvalue weighted by Gasteiger charge is 2.29. The third kappa shape index (κ3) is 3.36. The van der Waals surface area contributed by atoms with Crippen LogP contribution >= 0.6 is 23.5 Å². The molecule has 0 bridgehead atoms. The first-order valence-corrected chi connectivity index (χ1v) is 8.38. The second-order valence-corrected chi connectivity index (χ2v) is 8.70. The van der Waals surface area contributed by atoms with Crippen LogP contribution in [-0.4, -0.2) is 36.0 Å². The average molecular weight is 240 g/mol. The molecule has 1 fully saturated rings. The fourth-order valence-corrected chi connectivity index (χ4v) is 6.40. The summed E-state index contributed by atoms with van der Waals surface area (Å²) in [5, 5.41) is -0.127. The number of thioether (sulfide) groups is 2. The molecule has 13 heavy (non-hydrogen) atoms. The van der Waals surface area contributed by atoms with E-state index in [-0.39, 0.29) is 5.25 Å². The molecular weight excluding hydrogens is 224 g/mol. The first-order valence-electron chi connectivity index (χ1n) is 4.33. The molecule has 0 N–H and O–H groups in total. The molecule has 1 saturated heterocycles. The van der Waals surface area contributed by atoms with E-state index in [1.165, 1.54) is 6.26 Å². The second kappa shape index (κ2) is 4.45. The van der Waals surface area contributed by atoms with E-state index in [0.29, 0.717) is 10.5 Å². The van der Waals surface area contributed by atoms with Gasteiger partial charge in [-0.15, -0.1) is 23.5 Å². The van der Waals surface area contributed by atoms with Crippen LogP contribution in [0.25, 0.3) is 0 Å². The van der Waals surface area contributed by atoms with Crippen LogP contribution in [0.2, 0.25) is 0 Å². The summed E-state index contributed by atoms with van der Waals surface area (Å²) < 4.78 is 23.1. The zero-order valence-electron chi connectivity index (χ0n) is 8.19. The molecule has 5 heteroatoms. The van der Waals surface area contributed by atoms with Crippen molar-refractivity contribution in [2.24, 2.45) is 5.92 Å². The zero-order chi connectivity index (χ0) is 10.1. The minimum absolute atomic E-state index is 0.127. The van der Waals surface area contributed by atoms with Crippen molar-refractivity contribution in [3.63, 3.8) is 0 Å². The van der Waals surface area contributed by atoms with E-state index in [0.717, 1.165) is 11.5 Å². The first-order chi connectivity index (χ1) is 5.91. The van der Waals surface area contributed by atoms with E-state index >= 15 is 0 Å². The third-order valence-corrected chi connectivity index (χ3v) is 7.76. The predicted molar refractivity (Wildman–Crippen MR) is 62.2 cm³/mol. The quantitative estimate of drug-likeness (QED) is 0.738. The summed E-state index contributed by atoms with van der Waals surface area (Å²) in [6.45, 7) is 4.37. The van der Waals surface area contributed by atoms with Crippen LogP contribution in [0.5, 0.6) is 0 Å². The molecule has 78 valence electrons. The lowest BCUT2D eigenvalue weighted by molar-refractivity contribution is 0.594. The van der Waals surface area contributed by atoms with Gasteiger partial charge in [-0.3, -0.25) is 0 Å². The molecule has 1 heterocycles. The molecule has 0 atom stereocenters. The molecule has 0 radical (unpaired) electrons. The molecular formula is C8H16O2S3. The normalized spacial score (nSPS) is 30.8. The lowest BCUT2D eigenvalue weighted by atomic mass is 10.3. The summed E-state index contributed by atoms with van der Waals surface area (Å²) >= 11 is 3.58. The summed E-state index contributed by atoms with van der Waals surface area (Å²) in [5.74, 6) is 2.18. The van der Waals surface area contributed by atoms with E-state index in [2.05, 4.69) is 13.8 Å². The molecule has 1 rings (SSSR count). The Labute approximate surface area is 89.2 Å². The fraction of sp³-hybridized carbons (Fsp3) is 1.00. The van der Waals surface area contributed by atoms with Gasteiger partial charge in [-0.25, -0.2) is 8.42 Å². The second-order valence-electron chi connectivity index (χ2n) is 3.73. The van der Waals surface area contributed by atoms with Gasteiger partial charge in [0.2, 0.25) is 0 Å². The van der Waals surface area contributed by atoms with Gasteiger partial charge in [0, 0.05) is 17.8 Å². The van der Waals surface area contributed by atoms with Gasteiger partial charge in [0.25, 0.3) is 0 Å². The van der Waals surface area contributed by atoms with E-state index in [1.807, 2.05) is 0 Å². The Morgan fingerprint density at radius 3 is 2.00 bits per heavy atom. The van der Waals surface area contributed by atoms with Crippen molar-refractivity contribution >= 4 is 33.4 Å². The van der Waals surface area contributed by atoms with Crippen LogP contribution in [-0.2, 0) is 9.84 Å². The number of rotatable bonds is 2. The van der Waals surface area contributed by atoms with E-state index in [9.17, 15) is 8.42 Å². The molecule has 0 unspecified atom stereocenters. The predicted octanol–water partition coefficient (Wildman–Crippen LogP) is 1.86. The molecule has 0 aliphatic carbocycles. The molecule has 0 amide bonds. The van der Waals surface area contributed by atoms with Crippen molar-refractivity contribution < 1.29 is 8.42 Å².